The lowest BCUT2D eigenvalue weighted by Gasteiger charge is -2.22. The van der Waals surface area contributed by atoms with Gasteiger partial charge in [0.25, 0.3) is 0 Å². The van der Waals surface area contributed by atoms with Gasteiger partial charge < -0.3 is 5.32 Å². The van der Waals surface area contributed by atoms with Crippen LogP contribution in [0.15, 0.2) is 42.6 Å². The van der Waals surface area contributed by atoms with E-state index in [-0.39, 0.29) is 6.84 Å². The minimum absolute atomic E-state index is 0. The van der Waals surface area contributed by atoms with E-state index in [9.17, 15) is 0 Å². The van der Waals surface area contributed by atoms with E-state index in [0.717, 1.165) is 37.0 Å². The quantitative estimate of drug-likeness (QED) is 0.616. The molecule has 140 valence electrons. The van der Waals surface area contributed by atoms with Crippen molar-refractivity contribution < 1.29 is 1.43 Å². The van der Waals surface area contributed by atoms with Crippen molar-refractivity contribution >= 4 is 5.82 Å². The van der Waals surface area contributed by atoms with Crippen LogP contribution in [0.25, 0.3) is 0 Å². The van der Waals surface area contributed by atoms with Gasteiger partial charge in [-0.1, -0.05) is 57.0 Å². The van der Waals surface area contributed by atoms with Crippen LogP contribution in [0.4, 0.5) is 5.82 Å². The van der Waals surface area contributed by atoms with Crippen molar-refractivity contribution in [2.45, 2.75) is 70.1 Å². The molecule has 0 spiro atoms. The summed E-state index contributed by atoms with van der Waals surface area (Å²) >= 11 is 0. The predicted molar refractivity (Wildman–Crippen MR) is 112 cm³/mol. The Morgan fingerprint density at radius 1 is 1.15 bits per heavy atom. The lowest BCUT2D eigenvalue weighted by molar-refractivity contribution is 0.375. The van der Waals surface area contributed by atoms with Crippen LogP contribution in [-0.4, -0.2) is 11.5 Å². The van der Waals surface area contributed by atoms with Gasteiger partial charge in [0.15, 0.2) is 0 Å². The number of benzene rings is 1. The van der Waals surface area contributed by atoms with Gasteiger partial charge in [-0.2, -0.15) is 0 Å². The molecule has 4 rings (SSSR count). The molecule has 1 atom stereocenters. The Kier molecular flexibility index (Phi) is 5.02. The van der Waals surface area contributed by atoms with Gasteiger partial charge in [0.1, 0.15) is 5.82 Å². The van der Waals surface area contributed by atoms with Gasteiger partial charge in [-0.25, -0.2) is 4.98 Å². The molecule has 0 bridgehead atoms. The Balaban J connectivity index is 0.00000210. The van der Waals surface area contributed by atoms with E-state index in [1.54, 1.807) is 5.56 Å². The summed E-state index contributed by atoms with van der Waals surface area (Å²) in [4.78, 5) is 4.74. The first-order chi connectivity index (χ1) is 12.6. The summed E-state index contributed by atoms with van der Waals surface area (Å²) in [7, 11) is 0. The molecule has 2 aliphatic rings. The minimum Gasteiger partial charge on any atom is -0.370 e. The summed E-state index contributed by atoms with van der Waals surface area (Å²) in [5.74, 6) is 2.71. The molecule has 1 unspecified atom stereocenters. The number of rotatable bonds is 6. The minimum atomic E-state index is 0. The topological polar surface area (TPSA) is 24.9 Å². The molecule has 0 radical (unpaired) electrons. The fraction of sp³-hybridized carbons (Fsp3) is 0.542. The number of fused-ring (bicyclic) bond motifs is 1. The summed E-state index contributed by atoms with van der Waals surface area (Å²) < 4.78 is 0. The summed E-state index contributed by atoms with van der Waals surface area (Å²) in [5, 5.41) is 3.57. The number of nitrogens with zero attached hydrogens (tertiary/aromatic N) is 1. The van der Waals surface area contributed by atoms with Gasteiger partial charge in [-0.3, -0.25) is 0 Å². The standard InChI is InChI=1S/C24H32N2.H2/c1-24(2)16-21(19-12-6-7-13-19)20-15-23(26-17-22(20)24)25-14-8-11-18-9-4-3-5-10-18;/h3-5,9-10,15,17,19,21H,6-8,11-14,16H2,1-2H3,(H,25,26);1H. The molecule has 1 N–H and O–H groups in total. The first-order valence-corrected chi connectivity index (χ1v) is 10.4. The van der Waals surface area contributed by atoms with Crippen molar-refractivity contribution in [2.75, 3.05) is 11.9 Å². The zero-order chi connectivity index (χ0) is 18.0. The normalized spacial score (nSPS) is 21.7. The maximum absolute atomic E-state index is 4.74. The molecule has 2 aliphatic carbocycles. The van der Waals surface area contributed by atoms with Crippen LogP contribution in [0.2, 0.25) is 0 Å². The van der Waals surface area contributed by atoms with Crippen LogP contribution in [-0.2, 0) is 11.8 Å². The second kappa shape index (κ2) is 7.42. The first kappa shape index (κ1) is 17.6. The zero-order valence-corrected chi connectivity index (χ0v) is 16.3. The largest absolute Gasteiger partial charge is 0.370 e. The summed E-state index contributed by atoms with van der Waals surface area (Å²) in [6.45, 7) is 5.78. The highest BCUT2D eigenvalue weighted by atomic mass is 15.0. The Bertz CT molecular complexity index is 735. The second-order valence-corrected chi connectivity index (χ2v) is 8.91. The smallest absolute Gasteiger partial charge is 0.126 e. The molecule has 1 aromatic carbocycles. The lowest BCUT2D eigenvalue weighted by atomic mass is 9.82. The molecule has 1 fully saturated rings. The van der Waals surface area contributed by atoms with Crippen LogP contribution in [0.1, 0.15) is 76.4 Å². The number of pyridine rings is 1. The van der Waals surface area contributed by atoms with E-state index in [1.807, 2.05) is 0 Å². The molecule has 1 heterocycles. The van der Waals surface area contributed by atoms with Gasteiger partial charge >= 0.3 is 0 Å². The highest BCUT2D eigenvalue weighted by Crippen LogP contribution is 2.52. The van der Waals surface area contributed by atoms with Gasteiger partial charge in [-0.05, 0) is 72.1 Å². The molecule has 26 heavy (non-hydrogen) atoms. The third-order valence-electron chi connectivity index (χ3n) is 6.55. The Labute approximate surface area is 159 Å². The zero-order valence-electron chi connectivity index (χ0n) is 16.3. The third-order valence-corrected chi connectivity index (χ3v) is 6.55. The van der Waals surface area contributed by atoms with E-state index < -0.39 is 0 Å². The van der Waals surface area contributed by atoms with Crippen molar-refractivity contribution in [1.82, 2.24) is 4.98 Å². The van der Waals surface area contributed by atoms with Crippen LogP contribution < -0.4 is 5.32 Å². The van der Waals surface area contributed by atoms with E-state index in [0.29, 0.717) is 0 Å². The van der Waals surface area contributed by atoms with E-state index >= 15 is 0 Å². The van der Waals surface area contributed by atoms with Crippen LogP contribution in [0.3, 0.4) is 0 Å². The highest BCUT2D eigenvalue weighted by molar-refractivity contribution is 5.48. The van der Waals surface area contributed by atoms with Crippen molar-refractivity contribution in [3.63, 3.8) is 0 Å². The van der Waals surface area contributed by atoms with E-state index in [1.165, 1.54) is 43.2 Å². The summed E-state index contributed by atoms with van der Waals surface area (Å²) in [6, 6.07) is 13.1. The fourth-order valence-corrected chi connectivity index (χ4v) is 5.14. The Hall–Kier alpha value is -1.83. The van der Waals surface area contributed by atoms with Crippen LogP contribution in [0, 0.1) is 5.92 Å². The molecule has 2 nitrogen and oxygen atoms in total. The number of aromatic nitrogens is 1. The van der Waals surface area contributed by atoms with E-state index in [2.05, 4.69) is 61.8 Å². The molecule has 2 heteroatoms. The molecular formula is C24H34N2. The van der Waals surface area contributed by atoms with Crippen LogP contribution >= 0.6 is 0 Å². The monoisotopic (exact) mass is 350 g/mol. The fourth-order valence-electron chi connectivity index (χ4n) is 5.14. The first-order valence-electron chi connectivity index (χ1n) is 10.4. The Morgan fingerprint density at radius 3 is 2.69 bits per heavy atom. The number of anilines is 1. The molecule has 1 saturated carbocycles. The predicted octanol–water partition coefficient (Wildman–Crippen LogP) is 6.33. The van der Waals surface area contributed by atoms with Crippen molar-refractivity contribution in [2.24, 2.45) is 5.92 Å². The Morgan fingerprint density at radius 2 is 1.92 bits per heavy atom. The van der Waals surface area contributed by atoms with Crippen molar-refractivity contribution in [3.05, 3.63) is 59.3 Å². The van der Waals surface area contributed by atoms with Crippen molar-refractivity contribution in [3.8, 4) is 0 Å². The molecule has 0 aliphatic heterocycles. The highest BCUT2D eigenvalue weighted by Gasteiger charge is 2.41. The average molecular weight is 351 g/mol. The maximum Gasteiger partial charge on any atom is 0.126 e. The maximum atomic E-state index is 4.74. The number of hydrogen-bond donors (Lipinski definition) is 1. The number of hydrogen-bond acceptors (Lipinski definition) is 2. The molecule has 0 saturated heterocycles. The average Bonchev–Trinajstić information content (AvgIpc) is 3.26. The summed E-state index contributed by atoms with van der Waals surface area (Å²) in [5.41, 5.74) is 4.77. The molecule has 1 aromatic heterocycles. The number of aryl methyl sites for hydroxylation is 1. The SMILES string of the molecule is CC1(C)CC(C2CCCC2)c2cc(NCCCc3ccccc3)ncc21.[HH]. The third kappa shape index (κ3) is 3.65. The van der Waals surface area contributed by atoms with E-state index in [4.69, 9.17) is 4.98 Å². The van der Waals surface area contributed by atoms with Gasteiger partial charge in [0.2, 0.25) is 0 Å². The van der Waals surface area contributed by atoms with Gasteiger partial charge in [0.05, 0.1) is 0 Å². The lowest BCUT2D eigenvalue weighted by Crippen LogP contribution is -2.14. The molecular weight excluding hydrogens is 316 g/mol. The molecule has 2 aromatic rings. The molecule has 0 amide bonds. The second-order valence-electron chi connectivity index (χ2n) is 8.91. The van der Waals surface area contributed by atoms with Gasteiger partial charge in [0, 0.05) is 14.2 Å². The van der Waals surface area contributed by atoms with Gasteiger partial charge in [-0.15, -0.1) is 0 Å². The summed E-state index contributed by atoms with van der Waals surface area (Å²) in [6.07, 6.45) is 11.4. The van der Waals surface area contributed by atoms with Crippen LogP contribution in [0.5, 0.6) is 0 Å². The number of nitrogens with one attached hydrogen (secondary N) is 1. The van der Waals surface area contributed by atoms with Crippen molar-refractivity contribution in [1.29, 1.82) is 0 Å².